The predicted octanol–water partition coefficient (Wildman–Crippen LogP) is 2.48. The molecule has 0 bridgehead atoms. The van der Waals surface area contributed by atoms with Crippen LogP contribution in [0.15, 0.2) is 12.1 Å². The van der Waals surface area contributed by atoms with E-state index in [1.165, 1.54) is 0 Å². The number of ketones is 1. The zero-order chi connectivity index (χ0) is 12.8. The van der Waals surface area contributed by atoms with Crippen LogP contribution in [0.25, 0.3) is 0 Å². The van der Waals surface area contributed by atoms with Gasteiger partial charge in [0, 0.05) is 12.1 Å². The first-order valence-electron chi connectivity index (χ1n) is 5.00. The van der Waals surface area contributed by atoms with Gasteiger partial charge in [0.2, 0.25) is 5.82 Å². The van der Waals surface area contributed by atoms with Crippen LogP contribution in [0.1, 0.15) is 30.6 Å². The van der Waals surface area contributed by atoms with Crippen LogP contribution >= 0.6 is 0 Å². The topological polar surface area (TPSA) is 69.4 Å². The summed E-state index contributed by atoms with van der Waals surface area (Å²) in [5.41, 5.74) is -1.36. The fraction of sp³-hybridized carbons (Fsp3) is 0.364. The number of ether oxygens (including phenoxy) is 1. The second-order valence-electron chi connectivity index (χ2n) is 4.52. The Hall–Kier alpha value is -1.98. The number of fused-ring (bicyclic) bond motifs is 1. The van der Waals surface area contributed by atoms with E-state index in [4.69, 9.17) is 4.74 Å². The van der Waals surface area contributed by atoms with Crippen LogP contribution in [-0.2, 0) is 0 Å². The molecule has 90 valence electrons. The molecule has 0 radical (unpaired) electrons. The van der Waals surface area contributed by atoms with E-state index in [-0.39, 0.29) is 23.5 Å². The smallest absolute Gasteiger partial charge is 0.305 e. The highest BCUT2D eigenvalue weighted by molar-refractivity contribution is 6.00. The van der Waals surface area contributed by atoms with Gasteiger partial charge in [0.25, 0.3) is 0 Å². The minimum Gasteiger partial charge on any atom is -0.487 e. The Bertz CT molecular complexity index is 524. The second-order valence-corrected chi connectivity index (χ2v) is 4.52. The van der Waals surface area contributed by atoms with Crippen LogP contribution in [0.4, 0.5) is 10.1 Å². The minimum absolute atomic E-state index is 0.0642. The third-order valence-corrected chi connectivity index (χ3v) is 2.52. The molecule has 0 N–H and O–H groups in total. The van der Waals surface area contributed by atoms with E-state index in [1.807, 2.05) is 0 Å². The molecule has 0 atom stereocenters. The van der Waals surface area contributed by atoms with Gasteiger partial charge in [0.1, 0.15) is 11.4 Å². The van der Waals surface area contributed by atoms with Crippen LogP contribution in [0, 0.1) is 15.9 Å². The number of carbonyl (C=O) groups excluding carboxylic acids is 1. The summed E-state index contributed by atoms with van der Waals surface area (Å²) in [7, 11) is 0. The fourth-order valence-electron chi connectivity index (χ4n) is 1.80. The molecule has 0 fully saturated rings. The number of halogens is 1. The molecule has 1 heterocycles. The number of benzene rings is 1. The number of carbonyl (C=O) groups is 1. The maximum absolute atomic E-state index is 13.4. The quantitative estimate of drug-likeness (QED) is 0.557. The minimum atomic E-state index is -1.00. The number of hydrogen-bond acceptors (Lipinski definition) is 4. The van der Waals surface area contributed by atoms with E-state index in [0.29, 0.717) is 0 Å². The maximum atomic E-state index is 13.4. The van der Waals surface area contributed by atoms with Crippen LogP contribution in [0.2, 0.25) is 0 Å². The Balaban J connectivity index is 2.58. The molecule has 0 aliphatic carbocycles. The number of hydrogen-bond donors (Lipinski definition) is 0. The molecule has 0 spiro atoms. The van der Waals surface area contributed by atoms with Crippen molar-refractivity contribution in [3.63, 3.8) is 0 Å². The molecule has 1 aromatic carbocycles. The Morgan fingerprint density at radius 1 is 1.47 bits per heavy atom. The highest BCUT2D eigenvalue weighted by atomic mass is 19.1. The van der Waals surface area contributed by atoms with E-state index in [9.17, 15) is 19.3 Å². The molecule has 1 aliphatic rings. The number of nitrogens with zero attached hydrogens (tertiary/aromatic N) is 1. The van der Waals surface area contributed by atoms with Gasteiger partial charge in [-0.2, -0.15) is 4.39 Å². The molecule has 2 rings (SSSR count). The standard InChI is InChI=1S/C11H10FNO4/c1-11(2)5-9(14)6-3-8(13(15)16)7(12)4-10(6)17-11/h3-4H,5H2,1-2H3. The lowest BCUT2D eigenvalue weighted by atomic mass is 9.93. The molecule has 6 heteroatoms. The van der Waals surface area contributed by atoms with Crippen molar-refractivity contribution in [3.05, 3.63) is 33.6 Å². The van der Waals surface area contributed by atoms with Crippen molar-refractivity contribution in [3.8, 4) is 5.75 Å². The van der Waals surface area contributed by atoms with Gasteiger partial charge >= 0.3 is 5.69 Å². The van der Waals surface area contributed by atoms with E-state index < -0.39 is 22.0 Å². The van der Waals surface area contributed by atoms with Gasteiger partial charge in [0.05, 0.1) is 16.9 Å². The normalized spacial score (nSPS) is 17.2. The molecule has 1 aliphatic heterocycles. The molecule has 0 saturated heterocycles. The predicted molar refractivity (Wildman–Crippen MR) is 56.7 cm³/mol. The van der Waals surface area contributed by atoms with Gasteiger partial charge in [-0.3, -0.25) is 14.9 Å². The third-order valence-electron chi connectivity index (χ3n) is 2.52. The highest BCUT2D eigenvalue weighted by Crippen LogP contribution is 2.36. The first-order valence-corrected chi connectivity index (χ1v) is 5.00. The summed E-state index contributed by atoms with van der Waals surface area (Å²) in [6.07, 6.45) is 0.114. The van der Waals surface area contributed by atoms with Crippen LogP contribution in [0.3, 0.4) is 0 Å². The lowest BCUT2D eigenvalue weighted by Gasteiger charge is -2.31. The van der Waals surface area contributed by atoms with Crippen LogP contribution < -0.4 is 4.74 Å². The molecule has 0 saturated carbocycles. The van der Waals surface area contributed by atoms with Crippen molar-refractivity contribution in [2.24, 2.45) is 0 Å². The molecule has 5 nitrogen and oxygen atoms in total. The summed E-state index contributed by atoms with van der Waals surface area (Å²) in [6.45, 7) is 3.40. The number of rotatable bonds is 1. The third kappa shape index (κ3) is 1.98. The van der Waals surface area contributed by atoms with Crippen molar-refractivity contribution >= 4 is 11.5 Å². The SMILES string of the molecule is CC1(C)CC(=O)c2cc([N+](=O)[O-])c(F)cc2O1. The summed E-state index contributed by atoms with van der Waals surface area (Å²) in [5, 5.41) is 10.6. The van der Waals surface area contributed by atoms with Gasteiger partial charge in [-0.15, -0.1) is 0 Å². The summed E-state index contributed by atoms with van der Waals surface area (Å²) in [5.74, 6) is -1.21. The summed E-state index contributed by atoms with van der Waals surface area (Å²) >= 11 is 0. The average Bonchev–Trinajstić information content (AvgIpc) is 2.13. The Morgan fingerprint density at radius 2 is 2.12 bits per heavy atom. The van der Waals surface area contributed by atoms with Gasteiger partial charge in [-0.05, 0) is 13.8 Å². The fourth-order valence-corrected chi connectivity index (χ4v) is 1.80. The van der Waals surface area contributed by atoms with Crippen molar-refractivity contribution < 1.29 is 18.8 Å². The average molecular weight is 239 g/mol. The van der Waals surface area contributed by atoms with E-state index >= 15 is 0 Å². The second kappa shape index (κ2) is 3.51. The maximum Gasteiger partial charge on any atom is 0.305 e. The number of nitro groups is 1. The molecular formula is C11H10FNO4. The number of nitro benzene ring substituents is 1. The Kier molecular flexibility index (Phi) is 2.38. The molecule has 0 unspecified atom stereocenters. The summed E-state index contributed by atoms with van der Waals surface area (Å²) < 4.78 is 18.8. The highest BCUT2D eigenvalue weighted by Gasteiger charge is 2.34. The Morgan fingerprint density at radius 3 is 2.71 bits per heavy atom. The van der Waals surface area contributed by atoms with Gasteiger partial charge < -0.3 is 4.74 Å². The van der Waals surface area contributed by atoms with Crippen molar-refractivity contribution in [2.45, 2.75) is 25.9 Å². The lowest BCUT2D eigenvalue weighted by molar-refractivity contribution is -0.387. The molecule has 1 aromatic rings. The molecule has 17 heavy (non-hydrogen) atoms. The summed E-state index contributed by atoms with van der Waals surface area (Å²) in [6, 6.07) is 1.83. The van der Waals surface area contributed by atoms with Crippen molar-refractivity contribution in [1.29, 1.82) is 0 Å². The van der Waals surface area contributed by atoms with Gasteiger partial charge in [0.15, 0.2) is 5.78 Å². The first kappa shape index (κ1) is 11.5. The number of Topliss-reactive ketones (excluding diaryl/α,β-unsaturated/α-hetero) is 1. The van der Waals surface area contributed by atoms with Crippen LogP contribution in [0.5, 0.6) is 5.75 Å². The van der Waals surface area contributed by atoms with Gasteiger partial charge in [-0.1, -0.05) is 0 Å². The van der Waals surface area contributed by atoms with E-state index in [0.717, 1.165) is 12.1 Å². The molecule has 0 aromatic heterocycles. The molecule has 0 amide bonds. The lowest BCUT2D eigenvalue weighted by Crippen LogP contribution is -2.36. The molecular weight excluding hydrogens is 229 g/mol. The monoisotopic (exact) mass is 239 g/mol. The zero-order valence-electron chi connectivity index (χ0n) is 9.32. The van der Waals surface area contributed by atoms with Crippen molar-refractivity contribution in [2.75, 3.05) is 0 Å². The zero-order valence-corrected chi connectivity index (χ0v) is 9.32. The van der Waals surface area contributed by atoms with Crippen molar-refractivity contribution in [1.82, 2.24) is 0 Å². The summed E-state index contributed by atoms with van der Waals surface area (Å²) in [4.78, 5) is 21.5. The van der Waals surface area contributed by atoms with Gasteiger partial charge in [-0.25, -0.2) is 0 Å². The van der Waals surface area contributed by atoms with E-state index in [2.05, 4.69) is 0 Å². The largest absolute Gasteiger partial charge is 0.487 e. The van der Waals surface area contributed by atoms with Crippen LogP contribution in [-0.4, -0.2) is 16.3 Å². The first-order chi connectivity index (χ1) is 7.80. The Labute approximate surface area is 96.3 Å². The van der Waals surface area contributed by atoms with E-state index in [1.54, 1.807) is 13.8 Å².